The van der Waals surface area contributed by atoms with Gasteiger partial charge in [0.15, 0.2) is 0 Å². The normalized spacial score (nSPS) is 23.6. The Hall–Kier alpha value is -1.65. The van der Waals surface area contributed by atoms with Crippen LogP contribution in [0.25, 0.3) is 10.9 Å². The van der Waals surface area contributed by atoms with Crippen LogP contribution in [0.2, 0.25) is 0 Å². The second-order valence-corrected chi connectivity index (χ2v) is 9.09. The molecule has 3 rings (SSSR count). The maximum Gasteiger partial charge on any atom is 0.214 e. The monoisotopic (exact) mass is 356 g/mol. The maximum atomic E-state index is 9.45. The van der Waals surface area contributed by atoms with Crippen molar-refractivity contribution in [1.82, 2.24) is 4.98 Å². The fourth-order valence-electron chi connectivity index (χ4n) is 3.84. The van der Waals surface area contributed by atoms with E-state index in [1.165, 1.54) is 12.8 Å². The molecule has 0 spiro atoms. The average Bonchev–Trinajstić information content (AvgIpc) is 2.61. The molecular formula is C22H32N2O2. The minimum Gasteiger partial charge on any atom is -0.474 e. The number of fused-ring (bicyclic) bond motifs is 1. The molecule has 1 atom stereocenters. The van der Waals surface area contributed by atoms with Crippen LogP contribution in [0.1, 0.15) is 58.9 Å². The number of aromatic nitrogens is 1. The fourth-order valence-corrected chi connectivity index (χ4v) is 3.84. The Morgan fingerprint density at radius 1 is 1.08 bits per heavy atom. The maximum absolute atomic E-state index is 9.45. The molecule has 1 aliphatic carbocycles. The third-order valence-electron chi connectivity index (χ3n) is 5.84. The molecule has 0 saturated heterocycles. The number of hydrogen-bond donors (Lipinski definition) is 2. The minimum absolute atomic E-state index is 0.0929. The van der Waals surface area contributed by atoms with Crippen molar-refractivity contribution in [3.8, 4) is 5.88 Å². The molecule has 2 aromatic rings. The van der Waals surface area contributed by atoms with Gasteiger partial charge in [-0.05, 0) is 67.7 Å². The van der Waals surface area contributed by atoms with Crippen LogP contribution in [0, 0.1) is 11.3 Å². The Morgan fingerprint density at radius 3 is 2.38 bits per heavy atom. The number of benzene rings is 1. The lowest BCUT2D eigenvalue weighted by molar-refractivity contribution is 0.0854. The Kier molecular flexibility index (Phi) is 5.27. The van der Waals surface area contributed by atoms with E-state index in [1.54, 1.807) is 0 Å². The van der Waals surface area contributed by atoms with E-state index in [4.69, 9.17) is 10.5 Å². The van der Waals surface area contributed by atoms with Gasteiger partial charge in [0, 0.05) is 11.5 Å². The highest BCUT2D eigenvalue weighted by Crippen LogP contribution is 2.38. The molecule has 0 bridgehead atoms. The van der Waals surface area contributed by atoms with E-state index in [0.717, 1.165) is 35.2 Å². The van der Waals surface area contributed by atoms with Gasteiger partial charge in [-0.3, -0.25) is 0 Å². The van der Waals surface area contributed by atoms with Crippen molar-refractivity contribution in [2.75, 3.05) is 6.61 Å². The summed E-state index contributed by atoms with van der Waals surface area (Å²) in [7, 11) is 0. The zero-order valence-corrected chi connectivity index (χ0v) is 16.5. The Morgan fingerprint density at radius 2 is 1.77 bits per heavy atom. The Balaban J connectivity index is 1.69. The number of nitrogens with zero attached hydrogens (tertiary/aromatic N) is 1. The molecule has 0 aliphatic heterocycles. The lowest BCUT2D eigenvalue weighted by atomic mass is 9.72. The molecule has 0 unspecified atom stereocenters. The molecule has 3 N–H and O–H groups in total. The molecular weight excluding hydrogens is 324 g/mol. The first-order valence-electron chi connectivity index (χ1n) is 9.67. The van der Waals surface area contributed by atoms with Gasteiger partial charge < -0.3 is 15.6 Å². The Labute approximate surface area is 156 Å². The van der Waals surface area contributed by atoms with E-state index in [2.05, 4.69) is 25.8 Å². The standard InChI is InChI=1S/C22H32N2O2/c1-21(2,3)16-6-9-18(10-7-16)26-20-12-5-15-13-17(22(4,23)14-25)8-11-19(15)24-20/h5,8,11-13,16,18,25H,6-7,9-10,14,23H2,1-4H3/t16-,18-,22-/m1/s1. The number of ether oxygens (including phenoxy) is 1. The van der Waals surface area contributed by atoms with Gasteiger partial charge in [0.25, 0.3) is 0 Å². The van der Waals surface area contributed by atoms with Crippen molar-refractivity contribution in [1.29, 1.82) is 0 Å². The molecule has 4 nitrogen and oxygen atoms in total. The van der Waals surface area contributed by atoms with Gasteiger partial charge in [0.2, 0.25) is 5.88 Å². The van der Waals surface area contributed by atoms with Crippen LogP contribution < -0.4 is 10.5 Å². The summed E-state index contributed by atoms with van der Waals surface area (Å²) in [5.41, 5.74) is 7.57. The largest absolute Gasteiger partial charge is 0.474 e. The third kappa shape index (κ3) is 4.18. The summed E-state index contributed by atoms with van der Waals surface area (Å²) in [6.07, 6.45) is 4.91. The summed E-state index contributed by atoms with van der Waals surface area (Å²) in [5, 5.41) is 10.5. The van der Waals surface area contributed by atoms with Crippen LogP contribution in [-0.4, -0.2) is 22.8 Å². The summed E-state index contributed by atoms with van der Waals surface area (Å²) < 4.78 is 6.17. The van der Waals surface area contributed by atoms with Crippen LogP contribution in [0.3, 0.4) is 0 Å². The van der Waals surface area contributed by atoms with Crippen molar-refractivity contribution in [2.45, 2.75) is 65.0 Å². The molecule has 1 fully saturated rings. The average molecular weight is 357 g/mol. The molecule has 1 aliphatic rings. The van der Waals surface area contributed by atoms with E-state index in [9.17, 15) is 5.11 Å². The van der Waals surface area contributed by atoms with Crippen molar-refractivity contribution in [3.05, 3.63) is 35.9 Å². The zero-order chi connectivity index (χ0) is 18.9. The SMILES string of the molecule is CC(C)(C)[C@H]1CC[C@H](Oc2ccc3cc([C@](C)(N)CO)ccc3n2)CC1. The van der Waals surface area contributed by atoms with Gasteiger partial charge in [0.1, 0.15) is 6.10 Å². The van der Waals surface area contributed by atoms with Gasteiger partial charge in [-0.15, -0.1) is 0 Å². The Bertz CT molecular complexity index is 756. The minimum atomic E-state index is -0.741. The third-order valence-corrected chi connectivity index (χ3v) is 5.84. The van der Waals surface area contributed by atoms with Crippen LogP contribution >= 0.6 is 0 Å². The quantitative estimate of drug-likeness (QED) is 0.853. The van der Waals surface area contributed by atoms with Crippen LogP contribution in [0.5, 0.6) is 5.88 Å². The van der Waals surface area contributed by atoms with Crippen LogP contribution in [0.15, 0.2) is 30.3 Å². The first-order valence-corrected chi connectivity index (χ1v) is 9.67. The first-order chi connectivity index (χ1) is 12.2. The summed E-state index contributed by atoms with van der Waals surface area (Å²) >= 11 is 0. The van der Waals surface area contributed by atoms with Crippen molar-refractivity contribution in [2.24, 2.45) is 17.1 Å². The van der Waals surface area contributed by atoms with E-state index in [-0.39, 0.29) is 12.7 Å². The van der Waals surface area contributed by atoms with Crippen molar-refractivity contribution < 1.29 is 9.84 Å². The predicted octanol–water partition coefficient (Wildman–Crippen LogP) is 4.38. The first kappa shape index (κ1) is 19.1. The number of rotatable bonds is 4. The van der Waals surface area contributed by atoms with Gasteiger partial charge >= 0.3 is 0 Å². The number of nitrogens with two attached hydrogens (primary N) is 1. The van der Waals surface area contributed by atoms with Gasteiger partial charge in [-0.1, -0.05) is 26.8 Å². The van der Waals surface area contributed by atoms with Crippen LogP contribution in [0.4, 0.5) is 0 Å². The fraction of sp³-hybridized carbons (Fsp3) is 0.591. The smallest absolute Gasteiger partial charge is 0.214 e. The van der Waals surface area contributed by atoms with E-state index in [1.807, 2.05) is 37.3 Å². The number of pyridine rings is 1. The predicted molar refractivity (Wildman–Crippen MR) is 106 cm³/mol. The van der Waals surface area contributed by atoms with Gasteiger partial charge in [-0.25, -0.2) is 4.98 Å². The second kappa shape index (κ2) is 7.16. The highest BCUT2D eigenvalue weighted by molar-refractivity contribution is 5.80. The summed E-state index contributed by atoms with van der Waals surface area (Å²) in [5.74, 6) is 1.48. The summed E-state index contributed by atoms with van der Waals surface area (Å²) in [6.45, 7) is 8.74. The second-order valence-electron chi connectivity index (χ2n) is 9.09. The van der Waals surface area contributed by atoms with Crippen molar-refractivity contribution in [3.63, 3.8) is 0 Å². The molecule has 1 heterocycles. The number of aliphatic hydroxyl groups excluding tert-OH is 1. The summed E-state index contributed by atoms with van der Waals surface area (Å²) in [6, 6.07) is 9.85. The molecule has 142 valence electrons. The molecule has 1 aromatic carbocycles. The lowest BCUT2D eigenvalue weighted by Crippen LogP contribution is -2.36. The molecule has 0 radical (unpaired) electrons. The number of hydrogen-bond acceptors (Lipinski definition) is 4. The molecule has 0 amide bonds. The zero-order valence-electron chi connectivity index (χ0n) is 16.5. The highest BCUT2D eigenvalue weighted by Gasteiger charge is 2.30. The topological polar surface area (TPSA) is 68.4 Å². The summed E-state index contributed by atoms with van der Waals surface area (Å²) in [4.78, 5) is 4.66. The van der Waals surface area contributed by atoms with E-state index in [0.29, 0.717) is 11.3 Å². The molecule has 1 aromatic heterocycles. The van der Waals surface area contributed by atoms with Crippen molar-refractivity contribution >= 4 is 10.9 Å². The molecule has 4 heteroatoms. The molecule has 1 saturated carbocycles. The molecule has 26 heavy (non-hydrogen) atoms. The highest BCUT2D eigenvalue weighted by atomic mass is 16.5. The van der Waals surface area contributed by atoms with E-state index >= 15 is 0 Å². The van der Waals surface area contributed by atoms with E-state index < -0.39 is 5.54 Å². The van der Waals surface area contributed by atoms with Crippen LogP contribution in [-0.2, 0) is 5.54 Å². The lowest BCUT2D eigenvalue weighted by Gasteiger charge is -2.36. The van der Waals surface area contributed by atoms with Gasteiger partial charge in [0.05, 0.1) is 17.7 Å². The van der Waals surface area contributed by atoms with Gasteiger partial charge in [-0.2, -0.15) is 0 Å². The number of aliphatic hydroxyl groups is 1.